The Bertz CT molecular complexity index is 981. The van der Waals surface area contributed by atoms with Crippen molar-refractivity contribution in [2.24, 2.45) is 5.92 Å². The number of anilines is 1. The van der Waals surface area contributed by atoms with E-state index in [9.17, 15) is 4.79 Å². The summed E-state index contributed by atoms with van der Waals surface area (Å²) >= 11 is 0. The summed E-state index contributed by atoms with van der Waals surface area (Å²) in [6, 6.07) is 15.7. The molecule has 2 aromatic carbocycles. The Labute approximate surface area is 153 Å². The molecule has 3 nitrogen and oxygen atoms in total. The van der Waals surface area contributed by atoms with Crippen LogP contribution in [-0.2, 0) is 0 Å². The van der Waals surface area contributed by atoms with E-state index in [1.165, 1.54) is 12.8 Å². The summed E-state index contributed by atoms with van der Waals surface area (Å²) < 4.78 is 0. The van der Waals surface area contributed by atoms with Crippen LogP contribution in [0.2, 0.25) is 0 Å². The number of nitrogens with one attached hydrogen (secondary N) is 1. The molecule has 0 radical (unpaired) electrons. The number of amides is 1. The standard InChI is InChI=1S/C23H22N2O/c1-16-10-13-18(6-2-5-17-11-12-17)20(15-16)23(26)25-21-9-3-7-19-8-4-14-24-22(19)21/h2-4,6-10,13-15,17H,5,11-12H2,1H3,(H,25,26)/b6-2-. The predicted molar refractivity (Wildman–Crippen MR) is 107 cm³/mol. The lowest BCUT2D eigenvalue weighted by molar-refractivity contribution is 0.102. The number of aromatic nitrogens is 1. The van der Waals surface area contributed by atoms with Crippen LogP contribution in [0.15, 0.2) is 60.8 Å². The fourth-order valence-electron chi connectivity index (χ4n) is 3.15. The Kier molecular flexibility index (Phi) is 4.53. The van der Waals surface area contributed by atoms with Gasteiger partial charge in [0.05, 0.1) is 11.2 Å². The van der Waals surface area contributed by atoms with Crippen molar-refractivity contribution in [3.05, 3.63) is 77.5 Å². The Hall–Kier alpha value is -2.94. The first-order valence-corrected chi connectivity index (χ1v) is 9.13. The molecule has 1 amide bonds. The summed E-state index contributed by atoms with van der Waals surface area (Å²) in [7, 11) is 0. The van der Waals surface area contributed by atoms with Crippen LogP contribution in [0.3, 0.4) is 0 Å². The largest absolute Gasteiger partial charge is 0.320 e. The zero-order valence-corrected chi connectivity index (χ0v) is 14.9. The highest BCUT2D eigenvalue weighted by molar-refractivity contribution is 6.10. The number of hydrogen-bond acceptors (Lipinski definition) is 2. The predicted octanol–water partition coefficient (Wildman–Crippen LogP) is 5.61. The number of benzene rings is 2. The van der Waals surface area contributed by atoms with E-state index in [2.05, 4.69) is 22.5 Å². The molecule has 0 saturated heterocycles. The number of carbonyl (C=O) groups is 1. The zero-order valence-electron chi connectivity index (χ0n) is 14.9. The van der Waals surface area contributed by atoms with Crippen molar-refractivity contribution >= 4 is 28.6 Å². The number of pyridine rings is 1. The zero-order chi connectivity index (χ0) is 17.9. The van der Waals surface area contributed by atoms with Crippen LogP contribution in [0, 0.1) is 12.8 Å². The van der Waals surface area contributed by atoms with Crippen LogP contribution in [0.1, 0.15) is 40.7 Å². The van der Waals surface area contributed by atoms with Gasteiger partial charge in [0.2, 0.25) is 0 Å². The molecule has 4 rings (SSSR count). The van der Waals surface area contributed by atoms with Gasteiger partial charge in [-0.1, -0.05) is 48.0 Å². The van der Waals surface area contributed by atoms with E-state index < -0.39 is 0 Å². The number of para-hydroxylation sites is 1. The molecule has 1 fully saturated rings. The number of nitrogens with zero attached hydrogens (tertiary/aromatic N) is 1. The van der Waals surface area contributed by atoms with E-state index in [1.54, 1.807) is 6.20 Å². The summed E-state index contributed by atoms with van der Waals surface area (Å²) in [5.74, 6) is 0.744. The second kappa shape index (κ2) is 7.12. The molecule has 130 valence electrons. The number of hydrogen-bond donors (Lipinski definition) is 1. The number of carbonyl (C=O) groups excluding carboxylic acids is 1. The average molecular weight is 342 g/mol. The van der Waals surface area contributed by atoms with Gasteiger partial charge in [-0.3, -0.25) is 9.78 Å². The fraction of sp³-hybridized carbons (Fsp3) is 0.217. The third-order valence-corrected chi connectivity index (χ3v) is 4.80. The summed E-state index contributed by atoms with van der Waals surface area (Å²) in [5, 5.41) is 4.06. The maximum Gasteiger partial charge on any atom is 0.256 e. The lowest BCUT2D eigenvalue weighted by atomic mass is 10.0. The lowest BCUT2D eigenvalue weighted by Gasteiger charge is -2.11. The summed E-state index contributed by atoms with van der Waals surface area (Å²) in [6.45, 7) is 2.01. The molecular weight excluding hydrogens is 320 g/mol. The molecule has 1 aliphatic carbocycles. The van der Waals surface area contributed by atoms with Crippen molar-refractivity contribution in [1.82, 2.24) is 4.98 Å². The Morgan fingerprint density at radius 3 is 2.88 bits per heavy atom. The lowest BCUT2D eigenvalue weighted by Crippen LogP contribution is -2.14. The highest BCUT2D eigenvalue weighted by Gasteiger charge is 2.19. The van der Waals surface area contributed by atoms with Crippen LogP contribution in [0.5, 0.6) is 0 Å². The molecule has 1 N–H and O–H groups in total. The average Bonchev–Trinajstić information content (AvgIpc) is 3.47. The molecule has 0 aliphatic heterocycles. The summed E-state index contributed by atoms with van der Waals surface area (Å²) in [4.78, 5) is 17.4. The molecular formula is C23H22N2O. The number of allylic oxidation sites excluding steroid dienone is 1. The number of aryl methyl sites for hydroxylation is 1. The highest BCUT2D eigenvalue weighted by atomic mass is 16.1. The van der Waals surface area contributed by atoms with Crippen molar-refractivity contribution in [3.8, 4) is 0 Å². The first-order chi connectivity index (χ1) is 12.7. The molecule has 0 spiro atoms. The Morgan fingerprint density at radius 1 is 1.19 bits per heavy atom. The van der Waals surface area contributed by atoms with E-state index in [1.807, 2.05) is 55.5 Å². The maximum atomic E-state index is 13.0. The van der Waals surface area contributed by atoms with Gasteiger partial charge in [0.15, 0.2) is 0 Å². The molecule has 3 heteroatoms. The molecule has 0 bridgehead atoms. The van der Waals surface area contributed by atoms with E-state index in [-0.39, 0.29) is 5.91 Å². The first-order valence-electron chi connectivity index (χ1n) is 9.13. The van der Waals surface area contributed by atoms with E-state index >= 15 is 0 Å². The van der Waals surface area contributed by atoms with E-state index in [0.29, 0.717) is 5.56 Å². The highest BCUT2D eigenvalue weighted by Crippen LogP contribution is 2.33. The van der Waals surface area contributed by atoms with Crippen molar-refractivity contribution < 1.29 is 4.79 Å². The number of fused-ring (bicyclic) bond motifs is 1. The van der Waals surface area contributed by atoms with Gasteiger partial charge >= 0.3 is 0 Å². The van der Waals surface area contributed by atoms with Gasteiger partial charge in [0.25, 0.3) is 5.91 Å². The Balaban J connectivity index is 1.62. The van der Waals surface area contributed by atoms with Crippen LogP contribution >= 0.6 is 0 Å². The minimum absolute atomic E-state index is 0.0991. The molecule has 1 aliphatic rings. The summed E-state index contributed by atoms with van der Waals surface area (Å²) in [6.07, 6.45) is 9.78. The van der Waals surface area contributed by atoms with Crippen LogP contribution in [0.4, 0.5) is 5.69 Å². The Morgan fingerprint density at radius 2 is 2.04 bits per heavy atom. The van der Waals surface area contributed by atoms with Crippen LogP contribution in [0.25, 0.3) is 17.0 Å². The molecule has 1 aromatic heterocycles. The van der Waals surface area contributed by atoms with Crippen molar-refractivity contribution in [3.63, 3.8) is 0 Å². The maximum absolute atomic E-state index is 13.0. The minimum atomic E-state index is -0.0991. The third kappa shape index (κ3) is 3.67. The van der Waals surface area contributed by atoms with Crippen molar-refractivity contribution in [2.75, 3.05) is 5.32 Å². The molecule has 0 unspecified atom stereocenters. The fourth-order valence-corrected chi connectivity index (χ4v) is 3.15. The van der Waals surface area contributed by atoms with Gasteiger partial charge in [0, 0.05) is 17.1 Å². The second-order valence-corrected chi connectivity index (χ2v) is 7.01. The normalized spacial score (nSPS) is 14.0. The molecule has 1 saturated carbocycles. The quantitative estimate of drug-likeness (QED) is 0.655. The monoisotopic (exact) mass is 342 g/mol. The van der Waals surface area contributed by atoms with Crippen LogP contribution in [-0.4, -0.2) is 10.9 Å². The van der Waals surface area contributed by atoms with Crippen LogP contribution < -0.4 is 5.32 Å². The molecule has 3 aromatic rings. The molecule has 0 atom stereocenters. The number of rotatable bonds is 5. The van der Waals surface area contributed by atoms with Gasteiger partial charge in [0.1, 0.15) is 0 Å². The topological polar surface area (TPSA) is 42.0 Å². The molecule has 26 heavy (non-hydrogen) atoms. The van der Waals surface area contributed by atoms with Gasteiger partial charge in [-0.15, -0.1) is 0 Å². The summed E-state index contributed by atoms with van der Waals surface area (Å²) in [5.41, 5.74) is 4.28. The van der Waals surface area contributed by atoms with Gasteiger partial charge in [-0.2, -0.15) is 0 Å². The van der Waals surface area contributed by atoms with E-state index in [0.717, 1.165) is 40.1 Å². The molecule has 1 heterocycles. The first kappa shape index (κ1) is 16.5. The van der Waals surface area contributed by atoms with Gasteiger partial charge < -0.3 is 5.32 Å². The smallest absolute Gasteiger partial charge is 0.256 e. The van der Waals surface area contributed by atoms with Gasteiger partial charge in [-0.05, 0) is 55.9 Å². The second-order valence-electron chi connectivity index (χ2n) is 7.01. The SMILES string of the molecule is Cc1ccc(/C=C\CC2CC2)c(C(=O)Nc2cccc3cccnc23)c1. The third-order valence-electron chi connectivity index (χ3n) is 4.80. The van der Waals surface area contributed by atoms with Crippen molar-refractivity contribution in [1.29, 1.82) is 0 Å². The van der Waals surface area contributed by atoms with Gasteiger partial charge in [-0.25, -0.2) is 0 Å². The van der Waals surface area contributed by atoms with Crippen molar-refractivity contribution in [2.45, 2.75) is 26.2 Å². The minimum Gasteiger partial charge on any atom is -0.320 e. The van der Waals surface area contributed by atoms with E-state index in [4.69, 9.17) is 0 Å².